The van der Waals surface area contributed by atoms with Gasteiger partial charge >= 0.3 is 0 Å². The van der Waals surface area contributed by atoms with Gasteiger partial charge in [0.25, 0.3) is 11.8 Å². The molecule has 0 atom stereocenters. The number of anilines is 2. The van der Waals surface area contributed by atoms with Crippen LogP contribution < -0.4 is 15.0 Å². The smallest absolute Gasteiger partial charge is 0.265 e. The first-order valence-corrected chi connectivity index (χ1v) is 8.89. The van der Waals surface area contributed by atoms with E-state index in [0.29, 0.717) is 29.6 Å². The van der Waals surface area contributed by atoms with Crippen molar-refractivity contribution in [2.24, 2.45) is 0 Å². The summed E-state index contributed by atoms with van der Waals surface area (Å²) >= 11 is 0. The minimum Gasteiger partial charge on any atom is -0.482 e. The topological polar surface area (TPSA) is 58.6 Å². The first-order valence-electron chi connectivity index (χ1n) is 8.89. The van der Waals surface area contributed by atoms with E-state index in [0.717, 1.165) is 11.6 Å². The van der Waals surface area contributed by atoms with Gasteiger partial charge in [0.1, 0.15) is 17.4 Å². The molecule has 0 bridgehead atoms. The molecule has 1 aliphatic rings. The number of hydrogen-bond donors (Lipinski definition) is 1. The molecule has 0 aliphatic carbocycles. The molecule has 146 valence electrons. The third-order valence-electron chi connectivity index (χ3n) is 4.54. The number of fused-ring (bicyclic) bond motifs is 1. The predicted molar refractivity (Wildman–Crippen MR) is 104 cm³/mol. The lowest BCUT2D eigenvalue weighted by Crippen LogP contribution is -2.38. The highest BCUT2D eigenvalue weighted by atomic mass is 19.1. The van der Waals surface area contributed by atoms with Crippen LogP contribution in [0.15, 0.2) is 66.7 Å². The molecule has 0 unspecified atom stereocenters. The molecule has 1 aliphatic heterocycles. The van der Waals surface area contributed by atoms with Crippen LogP contribution in [0.5, 0.6) is 5.75 Å². The van der Waals surface area contributed by atoms with Gasteiger partial charge in [0, 0.05) is 11.6 Å². The van der Waals surface area contributed by atoms with E-state index >= 15 is 0 Å². The highest BCUT2D eigenvalue weighted by molar-refractivity contribution is 6.04. The van der Waals surface area contributed by atoms with Crippen molar-refractivity contribution >= 4 is 23.2 Å². The summed E-state index contributed by atoms with van der Waals surface area (Å²) in [5, 5.41) is 2.41. The monoisotopic (exact) mass is 394 g/mol. The first kappa shape index (κ1) is 18.6. The summed E-state index contributed by atoms with van der Waals surface area (Å²) in [7, 11) is 0. The van der Waals surface area contributed by atoms with Gasteiger partial charge in [-0.3, -0.25) is 9.59 Å². The number of benzene rings is 3. The SMILES string of the molecule is O=C(Nc1ccc(F)cc1F)c1ccc(CN2C(=O)COc3ccccc32)cc1. The zero-order valence-corrected chi connectivity index (χ0v) is 15.2. The van der Waals surface area contributed by atoms with Crippen LogP contribution in [0, 0.1) is 11.6 Å². The molecule has 0 fully saturated rings. The van der Waals surface area contributed by atoms with E-state index in [1.165, 1.54) is 6.07 Å². The van der Waals surface area contributed by atoms with E-state index in [1.54, 1.807) is 35.2 Å². The molecule has 0 radical (unpaired) electrons. The van der Waals surface area contributed by atoms with Crippen molar-refractivity contribution < 1.29 is 23.1 Å². The van der Waals surface area contributed by atoms with Crippen molar-refractivity contribution in [1.29, 1.82) is 0 Å². The largest absolute Gasteiger partial charge is 0.482 e. The third-order valence-corrected chi connectivity index (χ3v) is 4.54. The van der Waals surface area contributed by atoms with Gasteiger partial charge in [-0.05, 0) is 42.0 Å². The number of hydrogen-bond acceptors (Lipinski definition) is 3. The zero-order valence-electron chi connectivity index (χ0n) is 15.2. The number of carbonyl (C=O) groups excluding carboxylic acids is 2. The number of rotatable bonds is 4. The fourth-order valence-electron chi connectivity index (χ4n) is 3.06. The molecule has 0 aromatic heterocycles. The summed E-state index contributed by atoms with van der Waals surface area (Å²) in [6.07, 6.45) is 0. The fourth-order valence-corrected chi connectivity index (χ4v) is 3.06. The molecule has 5 nitrogen and oxygen atoms in total. The van der Waals surface area contributed by atoms with Crippen LogP contribution in [-0.2, 0) is 11.3 Å². The van der Waals surface area contributed by atoms with E-state index in [2.05, 4.69) is 5.32 Å². The van der Waals surface area contributed by atoms with Crippen molar-refractivity contribution in [2.75, 3.05) is 16.8 Å². The molecule has 0 saturated heterocycles. The van der Waals surface area contributed by atoms with Gasteiger partial charge < -0.3 is 15.0 Å². The van der Waals surface area contributed by atoms with Gasteiger partial charge in [-0.25, -0.2) is 8.78 Å². The summed E-state index contributed by atoms with van der Waals surface area (Å²) < 4.78 is 32.1. The highest BCUT2D eigenvalue weighted by Gasteiger charge is 2.25. The van der Waals surface area contributed by atoms with Crippen LogP contribution >= 0.6 is 0 Å². The Bertz CT molecular complexity index is 1080. The van der Waals surface area contributed by atoms with Crippen LogP contribution in [0.3, 0.4) is 0 Å². The summed E-state index contributed by atoms with van der Waals surface area (Å²) in [5.74, 6) is -1.60. The fraction of sp³-hybridized carbons (Fsp3) is 0.0909. The standard InChI is InChI=1S/C22H16F2N2O3/c23-16-9-10-18(17(24)11-16)25-22(28)15-7-5-14(6-8-15)12-26-19-3-1-2-4-20(19)29-13-21(26)27/h1-11H,12-13H2,(H,25,28). The molecular weight excluding hydrogens is 378 g/mol. The van der Waals surface area contributed by atoms with E-state index in [9.17, 15) is 18.4 Å². The molecule has 4 rings (SSSR count). The number of para-hydroxylation sites is 2. The quantitative estimate of drug-likeness (QED) is 0.724. The Kier molecular flexibility index (Phi) is 4.95. The Labute approximate surface area is 165 Å². The highest BCUT2D eigenvalue weighted by Crippen LogP contribution is 2.32. The number of amides is 2. The molecule has 3 aromatic carbocycles. The number of carbonyl (C=O) groups is 2. The second-order valence-corrected chi connectivity index (χ2v) is 6.51. The number of nitrogens with zero attached hydrogens (tertiary/aromatic N) is 1. The van der Waals surface area contributed by atoms with Crippen LogP contribution in [0.4, 0.5) is 20.2 Å². The molecule has 2 amide bonds. The molecule has 1 heterocycles. The van der Waals surface area contributed by atoms with Crippen LogP contribution in [0.25, 0.3) is 0 Å². The second-order valence-electron chi connectivity index (χ2n) is 6.51. The normalized spacial score (nSPS) is 12.9. The Morgan fingerprint density at radius 3 is 2.55 bits per heavy atom. The minimum absolute atomic E-state index is 0.0270. The van der Waals surface area contributed by atoms with Gasteiger partial charge in [0.15, 0.2) is 6.61 Å². The number of halogens is 2. The van der Waals surface area contributed by atoms with Crippen molar-refractivity contribution in [1.82, 2.24) is 0 Å². The molecular formula is C22H16F2N2O3. The maximum Gasteiger partial charge on any atom is 0.265 e. The molecule has 29 heavy (non-hydrogen) atoms. The molecule has 3 aromatic rings. The lowest BCUT2D eigenvalue weighted by Gasteiger charge is -2.29. The van der Waals surface area contributed by atoms with Crippen molar-refractivity contribution in [3.63, 3.8) is 0 Å². The van der Waals surface area contributed by atoms with Crippen molar-refractivity contribution in [3.8, 4) is 5.75 Å². The Hall–Kier alpha value is -3.74. The molecule has 0 spiro atoms. The van der Waals surface area contributed by atoms with Gasteiger partial charge in [0.05, 0.1) is 17.9 Å². The van der Waals surface area contributed by atoms with E-state index in [-0.39, 0.29) is 18.2 Å². The van der Waals surface area contributed by atoms with Gasteiger partial charge in [-0.15, -0.1) is 0 Å². The van der Waals surface area contributed by atoms with Gasteiger partial charge in [-0.2, -0.15) is 0 Å². The summed E-state index contributed by atoms with van der Waals surface area (Å²) in [5.41, 5.74) is 1.72. The Morgan fingerprint density at radius 1 is 1.03 bits per heavy atom. The van der Waals surface area contributed by atoms with Crippen molar-refractivity contribution in [2.45, 2.75) is 6.54 Å². The van der Waals surface area contributed by atoms with Crippen LogP contribution in [-0.4, -0.2) is 18.4 Å². The molecule has 0 saturated carbocycles. The third kappa shape index (κ3) is 3.94. The Balaban J connectivity index is 1.48. The summed E-state index contributed by atoms with van der Waals surface area (Å²) in [6, 6.07) is 16.8. The summed E-state index contributed by atoms with van der Waals surface area (Å²) in [4.78, 5) is 26.2. The van der Waals surface area contributed by atoms with E-state index in [1.807, 2.05) is 18.2 Å². The van der Waals surface area contributed by atoms with E-state index < -0.39 is 17.5 Å². The van der Waals surface area contributed by atoms with Gasteiger partial charge in [0.2, 0.25) is 0 Å². The van der Waals surface area contributed by atoms with Crippen LogP contribution in [0.2, 0.25) is 0 Å². The molecule has 7 heteroatoms. The maximum absolute atomic E-state index is 13.7. The molecule has 1 N–H and O–H groups in total. The van der Waals surface area contributed by atoms with Gasteiger partial charge in [-0.1, -0.05) is 24.3 Å². The zero-order chi connectivity index (χ0) is 20.4. The van der Waals surface area contributed by atoms with Crippen LogP contribution in [0.1, 0.15) is 15.9 Å². The average Bonchev–Trinajstić information content (AvgIpc) is 2.72. The number of ether oxygens (including phenoxy) is 1. The average molecular weight is 394 g/mol. The first-order chi connectivity index (χ1) is 14.0. The van der Waals surface area contributed by atoms with E-state index in [4.69, 9.17) is 4.74 Å². The minimum atomic E-state index is -0.848. The Morgan fingerprint density at radius 2 is 1.79 bits per heavy atom. The lowest BCUT2D eigenvalue weighted by atomic mass is 10.1. The maximum atomic E-state index is 13.7. The summed E-state index contributed by atoms with van der Waals surface area (Å²) in [6.45, 7) is 0.300. The lowest BCUT2D eigenvalue weighted by molar-refractivity contribution is -0.121. The predicted octanol–water partition coefficient (Wildman–Crippen LogP) is 4.14. The second kappa shape index (κ2) is 7.71. The van der Waals surface area contributed by atoms with Crippen molar-refractivity contribution in [3.05, 3.63) is 89.5 Å². The number of nitrogens with one attached hydrogen (secondary N) is 1.